The molecule has 3 aromatic carbocycles. The molecule has 0 saturated carbocycles. The fourth-order valence-electron chi connectivity index (χ4n) is 2.93. The summed E-state index contributed by atoms with van der Waals surface area (Å²) in [6, 6.07) is 20.4. The second-order valence-electron chi connectivity index (χ2n) is 6.37. The average molecular weight is 399 g/mol. The third kappa shape index (κ3) is 3.93. The minimum absolute atomic E-state index is 0.190. The third-order valence-electron chi connectivity index (χ3n) is 4.41. The van der Waals surface area contributed by atoms with Crippen LogP contribution in [0.1, 0.15) is 11.1 Å². The van der Waals surface area contributed by atoms with Gasteiger partial charge >= 0.3 is 0 Å². The second kappa shape index (κ2) is 8.37. The lowest BCUT2D eigenvalue weighted by Gasteiger charge is -2.12. The number of aromatic nitrogens is 1. The molecule has 0 aliphatic carbocycles. The summed E-state index contributed by atoms with van der Waals surface area (Å²) >= 11 is 0. The SMILES string of the molecule is N#Cc1cc2c(Oc3ccc(N=O)c(F)c3)ccnc2cc1OCc1ccccc1. The first-order valence-electron chi connectivity index (χ1n) is 8.98. The van der Waals surface area contributed by atoms with Crippen molar-refractivity contribution in [1.29, 1.82) is 5.26 Å². The Bertz CT molecular complexity index is 1270. The van der Waals surface area contributed by atoms with E-state index in [-0.39, 0.29) is 11.4 Å². The summed E-state index contributed by atoms with van der Waals surface area (Å²) in [7, 11) is 0. The maximum Gasteiger partial charge on any atom is 0.156 e. The molecule has 0 aliphatic rings. The van der Waals surface area contributed by atoms with Crippen molar-refractivity contribution in [3.05, 3.63) is 94.8 Å². The molecule has 1 aromatic heterocycles. The van der Waals surface area contributed by atoms with E-state index in [1.54, 1.807) is 24.4 Å². The average Bonchev–Trinajstić information content (AvgIpc) is 2.78. The van der Waals surface area contributed by atoms with Gasteiger partial charge < -0.3 is 9.47 Å². The summed E-state index contributed by atoms with van der Waals surface area (Å²) in [5, 5.41) is 12.7. The van der Waals surface area contributed by atoms with Gasteiger partial charge in [-0.1, -0.05) is 30.3 Å². The van der Waals surface area contributed by atoms with E-state index in [0.29, 0.717) is 34.6 Å². The molecule has 0 atom stereocenters. The molecule has 4 rings (SSSR count). The fourth-order valence-corrected chi connectivity index (χ4v) is 2.93. The third-order valence-corrected chi connectivity index (χ3v) is 4.41. The minimum Gasteiger partial charge on any atom is -0.487 e. The van der Waals surface area contributed by atoms with Gasteiger partial charge in [0.1, 0.15) is 35.6 Å². The molecule has 6 nitrogen and oxygen atoms in total. The van der Waals surface area contributed by atoms with E-state index in [0.717, 1.165) is 11.6 Å². The largest absolute Gasteiger partial charge is 0.487 e. The summed E-state index contributed by atoms with van der Waals surface area (Å²) < 4.78 is 25.4. The zero-order valence-electron chi connectivity index (χ0n) is 15.6. The number of nitroso groups, excluding NO2 is 1. The van der Waals surface area contributed by atoms with E-state index < -0.39 is 5.82 Å². The number of nitrogens with zero attached hydrogens (tertiary/aromatic N) is 3. The highest BCUT2D eigenvalue weighted by Gasteiger charge is 2.13. The van der Waals surface area contributed by atoms with Crippen molar-refractivity contribution >= 4 is 16.6 Å². The van der Waals surface area contributed by atoms with Gasteiger partial charge in [0.05, 0.1) is 11.1 Å². The first-order chi connectivity index (χ1) is 14.7. The van der Waals surface area contributed by atoms with Gasteiger partial charge in [0, 0.05) is 23.7 Å². The Hall–Kier alpha value is -4.31. The van der Waals surface area contributed by atoms with Crippen LogP contribution < -0.4 is 9.47 Å². The summed E-state index contributed by atoms with van der Waals surface area (Å²) in [5.41, 5.74) is 1.56. The van der Waals surface area contributed by atoms with Crippen LogP contribution in [0.3, 0.4) is 0 Å². The zero-order valence-corrected chi connectivity index (χ0v) is 15.6. The number of hydrogen-bond acceptors (Lipinski definition) is 6. The Kier molecular flexibility index (Phi) is 5.31. The summed E-state index contributed by atoms with van der Waals surface area (Å²) in [4.78, 5) is 14.9. The van der Waals surface area contributed by atoms with E-state index in [1.807, 2.05) is 30.3 Å². The lowest BCUT2D eigenvalue weighted by atomic mass is 10.1. The van der Waals surface area contributed by atoms with Gasteiger partial charge in [-0.3, -0.25) is 4.98 Å². The number of ether oxygens (including phenoxy) is 2. The molecule has 7 heteroatoms. The highest BCUT2D eigenvalue weighted by atomic mass is 19.1. The van der Waals surface area contributed by atoms with E-state index in [9.17, 15) is 14.6 Å². The standard InChI is InChI=1S/C23H14FN3O3/c24-19-11-17(6-7-20(19)27-28)30-22-8-9-26-21-12-23(16(13-25)10-18(21)22)29-14-15-4-2-1-3-5-15/h1-12H,14H2. The van der Waals surface area contributed by atoms with Crippen molar-refractivity contribution in [3.8, 4) is 23.3 Å². The molecule has 30 heavy (non-hydrogen) atoms. The van der Waals surface area contributed by atoms with E-state index in [1.165, 1.54) is 12.1 Å². The molecule has 1 heterocycles. The van der Waals surface area contributed by atoms with Crippen LogP contribution in [0, 0.1) is 22.1 Å². The van der Waals surface area contributed by atoms with Crippen LogP contribution in [0.25, 0.3) is 10.9 Å². The Balaban J connectivity index is 1.66. The fraction of sp³-hybridized carbons (Fsp3) is 0.0435. The van der Waals surface area contributed by atoms with E-state index in [2.05, 4.69) is 16.2 Å². The van der Waals surface area contributed by atoms with Crippen molar-refractivity contribution in [3.63, 3.8) is 0 Å². The number of nitriles is 1. The Morgan fingerprint density at radius 2 is 1.87 bits per heavy atom. The number of fused-ring (bicyclic) bond motifs is 1. The van der Waals surface area contributed by atoms with Crippen LogP contribution >= 0.6 is 0 Å². The number of hydrogen-bond donors (Lipinski definition) is 0. The van der Waals surface area contributed by atoms with Crippen molar-refractivity contribution < 1.29 is 13.9 Å². The van der Waals surface area contributed by atoms with E-state index in [4.69, 9.17) is 9.47 Å². The molecule has 0 fully saturated rings. The Morgan fingerprint density at radius 1 is 1.03 bits per heavy atom. The topological polar surface area (TPSA) is 84.6 Å². The lowest BCUT2D eigenvalue weighted by Crippen LogP contribution is -1.98. The molecule has 0 radical (unpaired) electrons. The smallest absolute Gasteiger partial charge is 0.156 e. The molecule has 0 aliphatic heterocycles. The molecule has 0 bridgehead atoms. The molecule has 0 spiro atoms. The Labute approximate surface area is 171 Å². The molecule has 0 amide bonds. The number of benzene rings is 3. The molecular formula is C23H14FN3O3. The minimum atomic E-state index is -0.782. The van der Waals surface area contributed by atoms with Crippen LogP contribution in [0.15, 0.2) is 78.1 Å². The predicted octanol–water partition coefficient (Wildman–Crippen LogP) is 6.01. The van der Waals surface area contributed by atoms with Gasteiger partial charge in [-0.05, 0) is 35.0 Å². The maximum atomic E-state index is 13.8. The van der Waals surface area contributed by atoms with Gasteiger partial charge in [0.2, 0.25) is 0 Å². The number of pyridine rings is 1. The van der Waals surface area contributed by atoms with Gasteiger partial charge in [-0.25, -0.2) is 4.39 Å². The highest BCUT2D eigenvalue weighted by Crippen LogP contribution is 2.34. The molecule has 0 saturated heterocycles. The number of rotatable bonds is 6. The lowest BCUT2D eigenvalue weighted by molar-refractivity contribution is 0.305. The van der Waals surface area contributed by atoms with Crippen LogP contribution in [0.2, 0.25) is 0 Å². The van der Waals surface area contributed by atoms with E-state index >= 15 is 0 Å². The van der Waals surface area contributed by atoms with Crippen LogP contribution in [0.5, 0.6) is 17.2 Å². The van der Waals surface area contributed by atoms with Crippen molar-refractivity contribution in [2.24, 2.45) is 5.18 Å². The van der Waals surface area contributed by atoms with Crippen LogP contribution in [-0.2, 0) is 6.61 Å². The second-order valence-corrected chi connectivity index (χ2v) is 6.37. The summed E-state index contributed by atoms with van der Waals surface area (Å²) in [5.74, 6) is 0.203. The van der Waals surface area contributed by atoms with Crippen molar-refractivity contribution in [2.75, 3.05) is 0 Å². The normalized spacial score (nSPS) is 10.4. The van der Waals surface area contributed by atoms with Gasteiger partial charge in [0.15, 0.2) is 5.82 Å². The van der Waals surface area contributed by atoms with Crippen molar-refractivity contribution in [1.82, 2.24) is 4.98 Å². The first kappa shape index (κ1) is 19.0. The molecule has 0 unspecified atom stereocenters. The van der Waals surface area contributed by atoms with Gasteiger partial charge in [0.25, 0.3) is 0 Å². The van der Waals surface area contributed by atoms with Gasteiger partial charge in [-0.2, -0.15) is 5.26 Å². The Morgan fingerprint density at radius 3 is 2.60 bits per heavy atom. The first-order valence-corrected chi connectivity index (χ1v) is 8.98. The molecule has 146 valence electrons. The monoisotopic (exact) mass is 399 g/mol. The quantitative estimate of drug-likeness (QED) is 0.370. The van der Waals surface area contributed by atoms with Crippen LogP contribution in [-0.4, -0.2) is 4.98 Å². The summed E-state index contributed by atoms with van der Waals surface area (Å²) in [6.45, 7) is 0.313. The van der Waals surface area contributed by atoms with Crippen molar-refractivity contribution in [2.45, 2.75) is 6.61 Å². The summed E-state index contributed by atoms with van der Waals surface area (Å²) in [6.07, 6.45) is 1.54. The van der Waals surface area contributed by atoms with Crippen LogP contribution in [0.4, 0.5) is 10.1 Å². The molecule has 4 aromatic rings. The van der Waals surface area contributed by atoms with Gasteiger partial charge in [-0.15, -0.1) is 4.91 Å². The maximum absolute atomic E-state index is 13.8. The predicted molar refractivity (Wildman–Crippen MR) is 109 cm³/mol. The number of halogens is 1. The zero-order chi connectivity index (χ0) is 20.9. The molecular weight excluding hydrogens is 385 g/mol. The highest BCUT2D eigenvalue weighted by molar-refractivity contribution is 5.88. The molecule has 0 N–H and O–H groups in total.